The van der Waals surface area contributed by atoms with Crippen LogP contribution < -0.4 is 10.6 Å². The molecule has 7 heteroatoms. The Morgan fingerprint density at radius 2 is 1.83 bits per heavy atom. The number of benzene rings is 2. The lowest BCUT2D eigenvalue weighted by atomic mass is 10.1. The van der Waals surface area contributed by atoms with E-state index in [1.54, 1.807) is 26.1 Å². The largest absolute Gasteiger partial charge is 0.379 e. The van der Waals surface area contributed by atoms with Gasteiger partial charge < -0.3 is 20.1 Å². The first-order chi connectivity index (χ1) is 14.0. The zero-order valence-electron chi connectivity index (χ0n) is 18.2. The van der Waals surface area contributed by atoms with E-state index in [0.29, 0.717) is 44.5 Å². The molecule has 2 N–H and O–H groups in total. The SMILES string of the molecule is CCOCCOCc1cccc(CNC(=NC)NC(C)c2ccc(C)c(F)c2)c1.I. The minimum Gasteiger partial charge on any atom is -0.379 e. The van der Waals surface area contributed by atoms with Gasteiger partial charge in [-0.1, -0.05) is 36.4 Å². The van der Waals surface area contributed by atoms with E-state index < -0.39 is 0 Å². The van der Waals surface area contributed by atoms with Crippen molar-refractivity contribution in [2.45, 2.75) is 40.0 Å². The van der Waals surface area contributed by atoms with E-state index in [1.165, 1.54) is 0 Å². The number of guanidine groups is 1. The summed E-state index contributed by atoms with van der Waals surface area (Å²) < 4.78 is 24.7. The van der Waals surface area contributed by atoms with Gasteiger partial charge in [0, 0.05) is 20.2 Å². The molecule has 0 heterocycles. The minimum atomic E-state index is -0.195. The number of nitrogens with zero attached hydrogens (tertiary/aromatic N) is 1. The Morgan fingerprint density at radius 1 is 1.10 bits per heavy atom. The summed E-state index contributed by atoms with van der Waals surface area (Å²) in [6.07, 6.45) is 0. The third-order valence-electron chi connectivity index (χ3n) is 4.57. The van der Waals surface area contributed by atoms with Gasteiger partial charge in [0.2, 0.25) is 0 Å². The van der Waals surface area contributed by atoms with E-state index in [4.69, 9.17) is 9.47 Å². The third-order valence-corrected chi connectivity index (χ3v) is 4.57. The second-order valence-electron chi connectivity index (χ2n) is 6.87. The first kappa shape index (κ1) is 26.3. The second-order valence-corrected chi connectivity index (χ2v) is 6.87. The van der Waals surface area contributed by atoms with E-state index in [0.717, 1.165) is 16.7 Å². The molecule has 0 aliphatic heterocycles. The van der Waals surface area contributed by atoms with Crippen molar-refractivity contribution in [3.63, 3.8) is 0 Å². The molecule has 0 radical (unpaired) electrons. The first-order valence-corrected chi connectivity index (χ1v) is 10.00. The van der Waals surface area contributed by atoms with Crippen molar-refractivity contribution in [2.75, 3.05) is 26.9 Å². The molecule has 0 aliphatic rings. The highest BCUT2D eigenvalue weighted by atomic mass is 127. The van der Waals surface area contributed by atoms with E-state index in [2.05, 4.69) is 27.8 Å². The molecule has 2 aromatic carbocycles. The van der Waals surface area contributed by atoms with Crippen LogP contribution in [0.1, 0.15) is 42.1 Å². The van der Waals surface area contributed by atoms with Crippen LogP contribution in [-0.4, -0.2) is 32.8 Å². The standard InChI is InChI=1S/C23H32FN3O2.HI/c1-5-28-11-12-29-16-20-8-6-7-19(13-20)15-26-23(25-4)27-18(3)21-10-9-17(2)22(24)14-21;/h6-10,13-14,18H,5,11-12,15-16H2,1-4H3,(H2,25,26,27);1H. The molecule has 0 amide bonds. The third kappa shape index (κ3) is 8.97. The smallest absolute Gasteiger partial charge is 0.191 e. The van der Waals surface area contributed by atoms with E-state index >= 15 is 0 Å². The van der Waals surface area contributed by atoms with Crippen molar-refractivity contribution in [1.82, 2.24) is 10.6 Å². The number of hydrogen-bond acceptors (Lipinski definition) is 3. The summed E-state index contributed by atoms with van der Waals surface area (Å²) in [6, 6.07) is 13.5. The fourth-order valence-corrected chi connectivity index (χ4v) is 2.83. The maximum atomic E-state index is 13.8. The van der Waals surface area contributed by atoms with Crippen molar-refractivity contribution in [3.05, 3.63) is 70.5 Å². The molecule has 2 rings (SSSR count). The average molecular weight is 529 g/mol. The van der Waals surface area contributed by atoms with E-state index in [1.807, 2.05) is 32.0 Å². The molecule has 2 aromatic rings. The van der Waals surface area contributed by atoms with Gasteiger partial charge in [-0.3, -0.25) is 4.99 Å². The maximum Gasteiger partial charge on any atom is 0.191 e. The molecule has 0 saturated carbocycles. The number of rotatable bonds is 10. The topological polar surface area (TPSA) is 54.9 Å². The van der Waals surface area contributed by atoms with Gasteiger partial charge in [-0.15, -0.1) is 24.0 Å². The number of halogens is 2. The zero-order chi connectivity index (χ0) is 21.1. The highest BCUT2D eigenvalue weighted by Gasteiger charge is 2.10. The Morgan fingerprint density at radius 3 is 2.53 bits per heavy atom. The molecule has 0 aliphatic carbocycles. The first-order valence-electron chi connectivity index (χ1n) is 10.00. The summed E-state index contributed by atoms with van der Waals surface area (Å²) >= 11 is 0. The van der Waals surface area contributed by atoms with Crippen LogP contribution in [0.5, 0.6) is 0 Å². The Bertz CT molecular complexity index is 802. The lowest BCUT2D eigenvalue weighted by molar-refractivity contribution is 0.0453. The van der Waals surface area contributed by atoms with Crippen LogP contribution in [0.3, 0.4) is 0 Å². The lowest BCUT2D eigenvalue weighted by Crippen LogP contribution is -2.38. The van der Waals surface area contributed by atoms with E-state index in [-0.39, 0.29) is 35.8 Å². The number of ether oxygens (including phenoxy) is 2. The van der Waals surface area contributed by atoms with Crippen LogP contribution in [0, 0.1) is 12.7 Å². The van der Waals surface area contributed by atoms with Gasteiger partial charge in [-0.2, -0.15) is 0 Å². The fraction of sp³-hybridized carbons (Fsp3) is 0.435. The molecule has 166 valence electrons. The zero-order valence-corrected chi connectivity index (χ0v) is 20.5. The summed E-state index contributed by atoms with van der Waals surface area (Å²) in [4.78, 5) is 4.27. The normalized spacial score (nSPS) is 12.2. The Kier molecular flexibility index (Phi) is 12.6. The Labute approximate surface area is 196 Å². The van der Waals surface area contributed by atoms with Gasteiger partial charge in [-0.25, -0.2) is 4.39 Å². The summed E-state index contributed by atoms with van der Waals surface area (Å²) in [5.41, 5.74) is 3.77. The van der Waals surface area contributed by atoms with Crippen LogP contribution in [0.15, 0.2) is 47.5 Å². The summed E-state index contributed by atoms with van der Waals surface area (Å²) in [7, 11) is 1.72. The molecule has 30 heavy (non-hydrogen) atoms. The monoisotopic (exact) mass is 529 g/mol. The van der Waals surface area contributed by atoms with Gasteiger partial charge in [0.15, 0.2) is 5.96 Å². The molecule has 0 aromatic heterocycles. The molecule has 0 fully saturated rings. The number of aryl methyl sites for hydroxylation is 1. The van der Waals surface area contributed by atoms with Gasteiger partial charge in [0.1, 0.15) is 5.82 Å². The molecular weight excluding hydrogens is 496 g/mol. The Hall–Kier alpha value is -1.71. The van der Waals surface area contributed by atoms with Crippen LogP contribution in [0.4, 0.5) is 4.39 Å². The molecule has 0 bridgehead atoms. The predicted molar refractivity (Wildman–Crippen MR) is 131 cm³/mol. The van der Waals surface area contributed by atoms with Crippen LogP contribution >= 0.6 is 24.0 Å². The summed E-state index contributed by atoms with van der Waals surface area (Å²) in [6.45, 7) is 8.81. The number of hydrogen-bond donors (Lipinski definition) is 2. The number of aliphatic imine (C=N–C) groups is 1. The molecular formula is C23H33FIN3O2. The van der Waals surface area contributed by atoms with Crippen molar-refractivity contribution in [3.8, 4) is 0 Å². The molecule has 0 spiro atoms. The molecule has 1 unspecified atom stereocenters. The fourth-order valence-electron chi connectivity index (χ4n) is 2.83. The van der Waals surface area contributed by atoms with Gasteiger partial charge in [0.25, 0.3) is 0 Å². The van der Waals surface area contributed by atoms with Crippen molar-refractivity contribution < 1.29 is 13.9 Å². The molecule has 1 atom stereocenters. The molecule has 5 nitrogen and oxygen atoms in total. The quantitative estimate of drug-likeness (QED) is 0.202. The van der Waals surface area contributed by atoms with Crippen molar-refractivity contribution >= 4 is 29.9 Å². The van der Waals surface area contributed by atoms with Crippen LogP contribution in [-0.2, 0) is 22.6 Å². The van der Waals surface area contributed by atoms with E-state index in [9.17, 15) is 4.39 Å². The van der Waals surface area contributed by atoms with Gasteiger partial charge in [0.05, 0.1) is 25.9 Å². The second kappa shape index (κ2) is 14.3. The number of nitrogens with one attached hydrogen (secondary N) is 2. The summed E-state index contributed by atoms with van der Waals surface area (Å²) in [5, 5.41) is 6.61. The van der Waals surface area contributed by atoms with Gasteiger partial charge in [-0.05, 0) is 49.1 Å². The van der Waals surface area contributed by atoms with Crippen LogP contribution in [0.2, 0.25) is 0 Å². The highest BCUT2D eigenvalue weighted by Crippen LogP contribution is 2.16. The average Bonchev–Trinajstić information content (AvgIpc) is 2.73. The minimum absolute atomic E-state index is 0. The Balaban J connectivity index is 0.00000450. The van der Waals surface area contributed by atoms with Crippen LogP contribution in [0.25, 0.3) is 0 Å². The van der Waals surface area contributed by atoms with Crippen molar-refractivity contribution in [2.24, 2.45) is 4.99 Å². The predicted octanol–water partition coefficient (Wildman–Crippen LogP) is 4.73. The van der Waals surface area contributed by atoms with Gasteiger partial charge >= 0.3 is 0 Å². The lowest BCUT2D eigenvalue weighted by Gasteiger charge is -2.19. The van der Waals surface area contributed by atoms with Crippen molar-refractivity contribution in [1.29, 1.82) is 0 Å². The molecule has 0 saturated heterocycles. The summed E-state index contributed by atoms with van der Waals surface area (Å²) in [5.74, 6) is 0.469. The maximum absolute atomic E-state index is 13.8. The highest BCUT2D eigenvalue weighted by molar-refractivity contribution is 14.0.